The first kappa shape index (κ1) is 29.0. The van der Waals surface area contributed by atoms with Crippen LogP contribution in [0.25, 0.3) is 83.2 Å². The highest BCUT2D eigenvalue weighted by atomic mass is 16.3. The number of aromatic nitrogens is 3. The summed E-state index contributed by atoms with van der Waals surface area (Å²) in [6, 6.07) is 50.3. The van der Waals surface area contributed by atoms with Crippen LogP contribution in [0.3, 0.4) is 0 Å². The average molecular weight is 646 g/mol. The summed E-state index contributed by atoms with van der Waals surface area (Å²) in [5, 5.41) is 3.50. The molecule has 1 aliphatic carbocycles. The van der Waals surface area contributed by atoms with Crippen LogP contribution in [0.15, 0.2) is 150 Å². The van der Waals surface area contributed by atoms with E-state index in [1.165, 1.54) is 59.6 Å². The van der Waals surface area contributed by atoms with Crippen molar-refractivity contribution in [3.63, 3.8) is 0 Å². The van der Waals surface area contributed by atoms with Crippen LogP contribution in [-0.4, -0.2) is 14.5 Å². The van der Waals surface area contributed by atoms with E-state index in [1.54, 1.807) is 0 Å². The molecule has 240 valence electrons. The normalized spacial score (nSPS) is 13.9. The van der Waals surface area contributed by atoms with Crippen LogP contribution in [-0.2, 0) is 0 Å². The second kappa shape index (κ2) is 11.9. The largest absolute Gasteiger partial charge is 0.436 e. The van der Waals surface area contributed by atoms with Gasteiger partial charge < -0.3 is 8.98 Å². The van der Waals surface area contributed by atoms with Gasteiger partial charge in [0.05, 0.1) is 22.2 Å². The number of fused-ring (bicyclic) bond motifs is 6. The molecule has 4 heteroatoms. The molecule has 1 aliphatic rings. The van der Waals surface area contributed by atoms with Crippen LogP contribution >= 0.6 is 0 Å². The van der Waals surface area contributed by atoms with Crippen LogP contribution in [0.2, 0.25) is 0 Å². The Kier molecular flexibility index (Phi) is 6.87. The summed E-state index contributed by atoms with van der Waals surface area (Å²) in [6.07, 6.45) is 8.39. The first-order chi connectivity index (χ1) is 24.8. The average Bonchev–Trinajstić information content (AvgIpc) is 3.79. The first-order valence-corrected chi connectivity index (χ1v) is 17.8. The van der Waals surface area contributed by atoms with E-state index in [1.807, 2.05) is 18.3 Å². The van der Waals surface area contributed by atoms with Gasteiger partial charge in [-0.15, -0.1) is 0 Å². The zero-order valence-electron chi connectivity index (χ0n) is 27.7. The highest BCUT2D eigenvalue weighted by Gasteiger charge is 2.23. The Morgan fingerprint density at radius 2 is 1.30 bits per heavy atom. The summed E-state index contributed by atoms with van der Waals surface area (Å²) in [5.74, 6) is 1.23. The molecule has 10 rings (SSSR count). The first-order valence-electron chi connectivity index (χ1n) is 17.8. The second-order valence-corrected chi connectivity index (χ2v) is 13.6. The maximum Gasteiger partial charge on any atom is 0.227 e. The van der Waals surface area contributed by atoms with Crippen molar-refractivity contribution in [2.75, 3.05) is 0 Å². The molecule has 0 N–H and O–H groups in total. The molecule has 0 aliphatic heterocycles. The lowest BCUT2D eigenvalue weighted by atomic mass is 9.83. The quantitative estimate of drug-likeness (QED) is 0.187. The Morgan fingerprint density at radius 3 is 2.06 bits per heavy atom. The van der Waals surface area contributed by atoms with Crippen LogP contribution in [0.1, 0.15) is 43.6 Å². The van der Waals surface area contributed by atoms with Crippen LogP contribution in [0.4, 0.5) is 0 Å². The highest BCUT2D eigenvalue weighted by molar-refractivity contribution is 6.10. The molecular weight excluding hydrogens is 611 g/mol. The lowest BCUT2D eigenvalue weighted by molar-refractivity contribution is 0.443. The molecule has 6 aromatic carbocycles. The van der Waals surface area contributed by atoms with Gasteiger partial charge in [-0.25, -0.2) is 4.98 Å². The van der Waals surface area contributed by atoms with Crippen molar-refractivity contribution < 1.29 is 4.42 Å². The molecule has 9 aromatic rings. The maximum absolute atomic E-state index is 6.57. The Morgan fingerprint density at radius 1 is 0.580 bits per heavy atom. The van der Waals surface area contributed by atoms with E-state index in [4.69, 9.17) is 9.40 Å². The number of oxazole rings is 1. The minimum absolute atomic E-state index is 0.580. The molecular formula is C46H35N3O. The molecule has 0 radical (unpaired) electrons. The Bertz CT molecular complexity index is 2620. The number of hydrogen-bond donors (Lipinski definition) is 0. The highest BCUT2D eigenvalue weighted by Crippen LogP contribution is 2.45. The summed E-state index contributed by atoms with van der Waals surface area (Å²) in [7, 11) is 0. The maximum atomic E-state index is 6.57. The topological polar surface area (TPSA) is 43.9 Å². The van der Waals surface area contributed by atoms with Crippen LogP contribution in [0.5, 0.6) is 0 Å². The van der Waals surface area contributed by atoms with Gasteiger partial charge >= 0.3 is 0 Å². The minimum Gasteiger partial charge on any atom is -0.436 e. The molecule has 0 atom stereocenters. The van der Waals surface area contributed by atoms with E-state index in [2.05, 4.69) is 137 Å². The molecule has 1 fully saturated rings. The number of pyridine rings is 1. The summed E-state index contributed by atoms with van der Waals surface area (Å²) in [5.41, 5.74) is 12.8. The number of para-hydroxylation sites is 2. The Balaban J connectivity index is 1.29. The minimum atomic E-state index is 0.580. The second-order valence-electron chi connectivity index (χ2n) is 13.6. The molecule has 0 unspecified atom stereocenters. The SMILES string of the molecule is c1ccc(-c2cc(-c3nc4c(ccc5cccnc54)o3)cc(-n3c4ccccc4c4ccccc43)c2-c2ccc(C3CCCCC3)cc2)cc1. The fraction of sp³-hybridized carbons (Fsp3) is 0.130. The van der Waals surface area contributed by atoms with Crippen molar-refractivity contribution in [2.45, 2.75) is 38.0 Å². The van der Waals surface area contributed by atoms with Crippen molar-refractivity contribution in [1.82, 2.24) is 14.5 Å². The van der Waals surface area contributed by atoms with Crippen molar-refractivity contribution in [3.05, 3.63) is 151 Å². The number of hydrogen-bond acceptors (Lipinski definition) is 3. The third kappa shape index (κ3) is 4.74. The zero-order valence-corrected chi connectivity index (χ0v) is 27.7. The fourth-order valence-electron chi connectivity index (χ4n) is 8.27. The van der Waals surface area contributed by atoms with Crippen molar-refractivity contribution in [3.8, 4) is 39.4 Å². The third-order valence-corrected chi connectivity index (χ3v) is 10.7. The van der Waals surface area contributed by atoms with Gasteiger partial charge in [-0.2, -0.15) is 0 Å². The van der Waals surface area contributed by atoms with E-state index in [0.717, 1.165) is 55.4 Å². The predicted molar refractivity (Wildman–Crippen MR) is 206 cm³/mol. The zero-order chi connectivity index (χ0) is 33.0. The van der Waals surface area contributed by atoms with Gasteiger partial charge in [-0.1, -0.05) is 116 Å². The summed E-state index contributed by atoms with van der Waals surface area (Å²) in [6.45, 7) is 0. The van der Waals surface area contributed by atoms with Crippen LogP contribution < -0.4 is 0 Å². The van der Waals surface area contributed by atoms with Crippen LogP contribution in [0, 0.1) is 0 Å². The summed E-state index contributed by atoms with van der Waals surface area (Å²) >= 11 is 0. The molecule has 1 saturated carbocycles. The Hall–Kier alpha value is -6.00. The molecule has 4 nitrogen and oxygen atoms in total. The van der Waals surface area contributed by atoms with E-state index < -0.39 is 0 Å². The molecule has 3 aromatic heterocycles. The smallest absolute Gasteiger partial charge is 0.227 e. The monoisotopic (exact) mass is 645 g/mol. The van der Waals surface area contributed by atoms with Gasteiger partial charge in [-0.3, -0.25) is 4.98 Å². The van der Waals surface area contributed by atoms with E-state index in [-0.39, 0.29) is 0 Å². The molecule has 0 amide bonds. The molecule has 0 bridgehead atoms. The molecule has 0 spiro atoms. The molecule has 3 heterocycles. The molecule has 50 heavy (non-hydrogen) atoms. The van der Waals surface area contributed by atoms with E-state index in [0.29, 0.717) is 11.8 Å². The predicted octanol–water partition coefficient (Wildman–Crippen LogP) is 12.5. The summed E-state index contributed by atoms with van der Waals surface area (Å²) in [4.78, 5) is 9.80. The van der Waals surface area contributed by atoms with E-state index in [9.17, 15) is 0 Å². The van der Waals surface area contributed by atoms with Gasteiger partial charge in [0.2, 0.25) is 5.89 Å². The lowest BCUT2D eigenvalue weighted by Crippen LogP contribution is -2.04. The van der Waals surface area contributed by atoms with Gasteiger partial charge in [0.15, 0.2) is 5.58 Å². The lowest BCUT2D eigenvalue weighted by Gasteiger charge is -2.23. The summed E-state index contributed by atoms with van der Waals surface area (Å²) < 4.78 is 9.00. The number of nitrogens with zero attached hydrogens (tertiary/aromatic N) is 3. The van der Waals surface area contributed by atoms with E-state index >= 15 is 0 Å². The third-order valence-electron chi connectivity index (χ3n) is 10.7. The number of benzene rings is 6. The van der Waals surface area contributed by atoms with Gasteiger partial charge in [0.1, 0.15) is 5.52 Å². The van der Waals surface area contributed by atoms with Gasteiger partial charge in [0, 0.05) is 33.5 Å². The van der Waals surface area contributed by atoms with Gasteiger partial charge in [0.25, 0.3) is 0 Å². The van der Waals surface area contributed by atoms with Crippen molar-refractivity contribution in [1.29, 1.82) is 0 Å². The number of rotatable bonds is 5. The van der Waals surface area contributed by atoms with Gasteiger partial charge in [-0.05, 0) is 83.5 Å². The molecule has 0 saturated heterocycles. The van der Waals surface area contributed by atoms with Crippen molar-refractivity contribution >= 4 is 43.8 Å². The fourth-order valence-corrected chi connectivity index (χ4v) is 8.27. The van der Waals surface area contributed by atoms with Crippen molar-refractivity contribution in [2.24, 2.45) is 0 Å². The standard InChI is InChI=1S/C46H35N3O/c1-3-12-30(13-4-1)31-21-23-33(24-22-31)43-38(32-14-5-2-6-15-32)28-35(46-48-45-42(50-46)26-25-34-16-11-27-47-44(34)45)29-41(43)49-39-19-9-7-17-36(39)37-18-8-10-20-40(37)49/h2,5-11,14-30H,1,3-4,12-13H2. The Labute approximate surface area is 290 Å².